The van der Waals surface area contributed by atoms with Gasteiger partial charge in [0.25, 0.3) is 0 Å². The Bertz CT molecular complexity index is 3130. The fourth-order valence-corrected chi connectivity index (χ4v) is 10.1. The molecule has 9 rings (SSSR count). The average molecular weight is 890 g/mol. The molecule has 0 aromatic heterocycles. The second-order valence-electron chi connectivity index (χ2n) is 24.1. The quantitative estimate of drug-likeness (QED) is 0.154. The van der Waals surface area contributed by atoms with Crippen molar-refractivity contribution in [3.05, 3.63) is 209 Å². The molecule has 1 aliphatic carbocycles. The molecule has 0 aliphatic heterocycles. The summed E-state index contributed by atoms with van der Waals surface area (Å²) in [4.78, 5) is 2.48. The largest absolute Gasteiger partial charge is 0.310 e. The minimum atomic E-state index is -0.132. The van der Waals surface area contributed by atoms with Crippen molar-refractivity contribution in [2.45, 2.75) is 124 Å². The van der Waals surface area contributed by atoms with E-state index in [0.717, 1.165) is 17.1 Å². The number of anilines is 3. The van der Waals surface area contributed by atoms with Crippen LogP contribution in [0.4, 0.5) is 17.1 Å². The van der Waals surface area contributed by atoms with Crippen molar-refractivity contribution in [2.75, 3.05) is 4.90 Å². The van der Waals surface area contributed by atoms with E-state index in [-0.39, 0.29) is 27.1 Å². The zero-order valence-electron chi connectivity index (χ0n) is 43.2. The SMILES string of the molecule is CC(C)(C)c1cc(-c2cccc(N(c3ccc4c(c3)C(C)(C)c3ccccc3-4)c3ccccc3-c3ccccc3)c2)cc(-c2cc(-c3cc(C(C)(C)C)cc(C(C)(C)C)c3)cc(C(C)(C)C)c2)c1. The fraction of sp³-hybridized carbons (Fsp3) is 0.284. The number of rotatable bonds is 7. The van der Waals surface area contributed by atoms with Crippen LogP contribution < -0.4 is 4.90 Å². The number of para-hydroxylation sites is 1. The number of benzene rings is 8. The van der Waals surface area contributed by atoms with Crippen molar-refractivity contribution in [2.24, 2.45) is 0 Å². The van der Waals surface area contributed by atoms with E-state index in [4.69, 9.17) is 0 Å². The maximum Gasteiger partial charge on any atom is 0.0540 e. The Morgan fingerprint density at radius 2 is 0.706 bits per heavy atom. The summed E-state index contributed by atoms with van der Waals surface area (Å²) in [6.07, 6.45) is 0. The van der Waals surface area contributed by atoms with Crippen molar-refractivity contribution in [3.63, 3.8) is 0 Å². The standard InChI is InChI=1S/C67H71N/c1-63(2,3)51-35-46(33-47(36-51)48-34-49(38-52(37-48)64(4,5)6)50-39-53(65(7,8)9)42-54(40-50)66(10,11)12)45-25-22-26-55(41-45)68(62-30-21-19-27-57(62)44-23-16-15-17-24-44)56-31-32-59-58-28-18-20-29-60(58)67(13,14)61(59)43-56/h15-43H,1-14H3. The van der Waals surface area contributed by atoms with Gasteiger partial charge in [0, 0.05) is 22.4 Å². The van der Waals surface area contributed by atoms with Gasteiger partial charge in [-0.15, -0.1) is 0 Å². The molecule has 1 heteroatoms. The molecule has 0 heterocycles. The second-order valence-corrected chi connectivity index (χ2v) is 24.1. The minimum Gasteiger partial charge on any atom is -0.310 e. The van der Waals surface area contributed by atoms with E-state index in [0.29, 0.717) is 0 Å². The van der Waals surface area contributed by atoms with Crippen LogP contribution in [0.1, 0.15) is 130 Å². The molecule has 0 spiro atoms. The zero-order valence-corrected chi connectivity index (χ0v) is 43.2. The van der Waals surface area contributed by atoms with Crippen LogP contribution in [0.25, 0.3) is 55.6 Å². The summed E-state index contributed by atoms with van der Waals surface area (Å²) in [5.41, 5.74) is 23.8. The summed E-state index contributed by atoms with van der Waals surface area (Å²) in [6, 6.07) is 66.9. The van der Waals surface area contributed by atoms with Gasteiger partial charge in [-0.25, -0.2) is 0 Å². The van der Waals surface area contributed by atoms with E-state index >= 15 is 0 Å². The van der Waals surface area contributed by atoms with Gasteiger partial charge >= 0.3 is 0 Å². The Morgan fingerprint density at radius 3 is 1.25 bits per heavy atom. The molecule has 68 heavy (non-hydrogen) atoms. The third-order valence-electron chi connectivity index (χ3n) is 14.4. The molecule has 8 aromatic rings. The Hall–Kier alpha value is -6.44. The van der Waals surface area contributed by atoms with Gasteiger partial charge in [-0.05, 0) is 148 Å². The van der Waals surface area contributed by atoms with Crippen molar-refractivity contribution in [1.82, 2.24) is 0 Å². The average Bonchev–Trinajstić information content (AvgIpc) is 3.53. The fourth-order valence-electron chi connectivity index (χ4n) is 10.1. The monoisotopic (exact) mass is 890 g/mol. The predicted molar refractivity (Wildman–Crippen MR) is 295 cm³/mol. The molecule has 1 nitrogen and oxygen atoms in total. The van der Waals surface area contributed by atoms with Gasteiger partial charge in [0.2, 0.25) is 0 Å². The molecule has 8 aromatic carbocycles. The second kappa shape index (κ2) is 17.0. The topological polar surface area (TPSA) is 3.24 Å². The molecule has 344 valence electrons. The lowest BCUT2D eigenvalue weighted by atomic mass is 9.77. The van der Waals surface area contributed by atoms with Crippen LogP contribution in [0.15, 0.2) is 176 Å². The smallest absolute Gasteiger partial charge is 0.0540 e. The molecular weight excluding hydrogens is 819 g/mol. The summed E-state index contributed by atoms with van der Waals surface area (Å²) in [5, 5.41) is 0. The normalized spacial score (nSPS) is 13.6. The molecule has 0 bridgehead atoms. The van der Waals surface area contributed by atoms with Crippen LogP contribution in [-0.2, 0) is 27.1 Å². The maximum atomic E-state index is 2.48. The summed E-state index contributed by atoms with van der Waals surface area (Å²) in [7, 11) is 0. The lowest BCUT2D eigenvalue weighted by Crippen LogP contribution is -2.17. The first kappa shape index (κ1) is 46.7. The van der Waals surface area contributed by atoms with Crippen LogP contribution in [0.2, 0.25) is 0 Å². The summed E-state index contributed by atoms with van der Waals surface area (Å²) < 4.78 is 0. The van der Waals surface area contributed by atoms with E-state index in [9.17, 15) is 0 Å². The van der Waals surface area contributed by atoms with E-state index in [2.05, 4.69) is 278 Å². The molecule has 0 radical (unpaired) electrons. The van der Waals surface area contributed by atoms with Crippen LogP contribution in [0.3, 0.4) is 0 Å². The Kier molecular flexibility index (Phi) is 11.6. The number of nitrogens with zero attached hydrogens (tertiary/aromatic N) is 1. The van der Waals surface area contributed by atoms with Crippen LogP contribution in [0.5, 0.6) is 0 Å². The highest BCUT2D eigenvalue weighted by Crippen LogP contribution is 2.52. The van der Waals surface area contributed by atoms with Crippen LogP contribution in [0, 0.1) is 0 Å². The first-order valence-electron chi connectivity index (χ1n) is 24.7. The van der Waals surface area contributed by atoms with Gasteiger partial charge < -0.3 is 4.90 Å². The molecule has 0 fully saturated rings. The molecule has 0 unspecified atom stereocenters. The van der Waals surface area contributed by atoms with Crippen LogP contribution in [-0.4, -0.2) is 0 Å². The van der Waals surface area contributed by atoms with E-state index in [1.165, 1.54) is 89.0 Å². The molecule has 0 atom stereocenters. The lowest BCUT2D eigenvalue weighted by Gasteiger charge is -2.30. The highest BCUT2D eigenvalue weighted by atomic mass is 15.1. The number of fused-ring (bicyclic) bond motifs is 3. The van der Waals surface area contributed by atoms with Gasteiger partial charge in [-0.2, -0.15) is 0 Å². The third kappa shape index (κ3) is 9.01. The maximum absolute atomic E-state index is 2.48. The molecule has 1 aliphatic rings. The zero-order chi connectivity index (χ0) is 48.6. The van der Waals surface area contributed by atoms with Crippen LogP contribution >= 0.6 is 0 Å². The Labute approximate surface area is 409 Å². The summed E-state index contributed by atoms with van der Waals surface area (Å²) in [6.45, 7) is 32.8. The first-order chi connectivity index (χ1) is 32.0. The number of hydrogen-bond acceptors (Lipinski definition) is 1. The molecule has 0 N–H and O–H groups in total. The van der Waals surface area contributed by atoms with Gasteiger partial charge in [0.1, 0.15) is 0 Å². The highest BCUT2D eigenvalue weighted by Gasteiger charge is 2.36. The van der Waals surface area contributed by atoms with E-state index < -0.39 is 0 Å². The lowest BCUT2D eigenvalue weighted by molar-refractivity contribution is 0.569. The molecule has 0 amide bonds. The molecule has 0 saturated carbocycles. The molecule has 0 saturated heterocycles. The highest BCUT2D eigenvalue weighted by molar-refractivity contribution is 5.92. The van der Waals surface area contributed by atoms with Gasteiger partial charge in [0.05, 0.1) is 5.69 Å². The summed E-state index contributed by atoms with van der Waals surface area (Å²) in [5.74, 6) is 0. The Balaban J connectivity index is 1.23. The van der Waals surface area contributed by atoms with Crippen molar-refractivity contribution in [3.8, 4) is 55.6 Å². The van der Waals surface area contributed by atoms with Crippen molar-refractivity contribution in [1.29, 1.82) is 0 Å². The molecular formula is C67H71N. The van der Waals surface area contributed by atoms with Gasteiger partial charge in [-0.3, -0.25) is 0 Å². The first-order valence-corrected chi connectivity index (χ1v) is 24.7. The predicted octanol–water partition coefficient (Wildman–Crippen LogP) is 19.3. The minimum absolute atomic E-state index is 0.0210. The van der Waals surface area contributed by atoms with E-state index in [1.54, 1.807) is 0 Å². The van der Waals surface area contributed by atoms with Gasteiger partial charge in [-0.1, -0.05) is 230 Å². The van der Waals surface area contributed by atoms with Crippen molar-refractivity contribution >= 4 is 17.1 Å². The number of hydrogen-bond donors (Lipinski definition) is 0. The van der Waals surface area contributed by atoms with Crippen molar-refractivity contribution < 1.29 is 0 Å². The third-order valence-corrected chi connectivity index (χ3v) is 14.4. The van der Waals surface area contributed by atoms with E-state index in [1.807, 2.05) is 0 Å². The van der Waals surface area contributed by atoms with Gasteiger partial charge in [0.15, 0.2) is 0 Å². The Morgan fingerprint density at radius 1 is 0.294 bits per heavy atom. The summed E-state index contributed by atoms with van der Waals surface area (Å²) >= 11 is 0.